The summed E-state index contributed by atoms with van der Waals surface area (Å²) in [5, 5.41) is 3.16. The summed E-state index contributed by atoms with van der Waals surface area (Å²) in [7, 11) is 2.02. The minimum atomic E-state index is 1.17. The summed E-state index contributed by atoms with van der Waals surface area (Å²) >= 11 is 0. The van der Waals surface area contributed by atoms with Gasteiger partial charge >= 0.3 is 0 Å². The van der Waals surface area contributed by atoms with Gasteiger partial charge in [-0.2, -0.15) is 0 Å². The summed E-state index contributed by atoms with van der Waals surface area (Å²) in [6.07, 6.45) is 10.2. The zero-order valence-corrected chi connectivity index (χ0v) is 12.1. The van der Waals surface area contributed by atoms with Crippen LogP contribution in [-0.2, 0) is 0 Å². The Hall–Kier alpha value is -1.08. The van der Waals surface area contributed by atoms with Gasteiger partial charge in [0, 0.05) is 0 Å². The van der Waals surface area contributed by atoms with Crippen LogP contribution in [0.4, 0.5) is 0 Å². The van der Waals surface area contributed by atoms with Crippen molar-refractivity contribution in [3.8, 4) is 0 Å². The van der Waals surface area contributed by atoms with E-state index in [1.807, 2.05) is 43.5 Å². The first kappa shape index (κ1) is 16.9. The quantitative estimate of drug-likeness (QED) is 0.644. The highest BCUT2D eigenvalue weighted by atomic mass is 14.8. The predicted octanol–water partition coefficient (Wildman–Crippen LogP) is 4.90. The number of hydrogen-bond acceptors (Lipinski definition) is 1. The van der Waals surface area contributed by atoms with Crippen molar-refractivity contribution in [2.75, 3.05) is 13.6 Å². The molecule has 0 aromatic heterocycles. The lowest BCUT2D eigenvalue weighted by atomic mass is 10.1. The van der Waals surface area contributed by atoms with Crippen molar-refractivity contribution in [3.05, 3.63) is 42.5 Å². The molecule has 0 aliphatic heterocycles. The van der Waals surface area contributed by atoms with Gasteiger partial charge in [0.05, 0.1) is 0 Å². The Morgan fingerprint density at radius 3 is 2.11 bits per heavy atom. The van der Waals surface area contributed by atoms with Crippen LogP contribution in [0, 0.1) is 0 Å². The summed E-state index contributed by atoms with van der Waals surface area (Å²) in [5.41, 5.74) is 1.17. The Kier molecular flexibility index (Phi) is 13.1. The normalized spacial score (nSPS) is 9.44. The van der Waals surface area contributed by atoms with Crippen molar-refractivity contribution in [1.29, 1.82) is 0 Å². The Labute approximate surface area is 113 Å². The SMILES string of the molecule is C=Cc1ccccc1.CCCCCCCCNC. The number of benzene rings is 1. The second kappa shape index (κ2) is 14.0. The highest BCUT2D eigenvalue weighted by molar-refractivity contribution is 5.45. The second-order valence-electron chi connectivity index (χ2n) is 4.49. The lowest BCUT2D eigenvalue weighted by Crippen LogP contribution is -2.06. The van der Waals surface area contributed by atoms with E-state index in [2.05, 4.69) is 18.8 Å². The molecular weight excluding hydrogens is 218 g/mol. The van der Waals surface area contributed by atoms with E-state index in [-0.39, 0.29) is 0 Å². The van der Waals surface area contributed by atoms with Gasteiger partial charge in [-0.15, -0.1) is 0 Å². The summed E-state index contributed by atoms with van der Waals surface area (Å²) < 4.78 is 0. The largest absolute Gasteiger partial charge is 0.320 e. The molecule has 1 rings (SSSR count). The fraction of sp³-hybridized carbons (Fsp3) is 0.529. The Bertz CT molecular complexity index is 258. The fourth-order valence-electron chi connectivity index (χ4n) is 1.67. The molecule has 1 aromatic carbocycles. The molecule has 0 saturated heterocycles. The van der Waals surface area contributed by atoms with E-state index in [0.29, 0.717) is 0 Å². The molecule has 0 bridgehead atoms. The summed E-state index contributed by atoms with van der Waals surface area (Å²) in [4.78, 5) is 0. The maximum Gasteiger partial charge on any atom is -0.00519 e. The maximum atomic E-state index is 3.63. The minimum Gasteiger partial charge on any atom is -0.320 e. The van der Waals surface area contributed by atoms with E-state index in [1.165, 1.54) is 50.6 Å². The molecule has 1 N–H and O–H groups in total. The van der Waals surface area contributed by atoms with Crippen molar-refractivity contribution in [3.63, 3.8) is 0 Å². The maximum absolute atomic E-state index is 3.63. The molecule has 0 atom stereocenters. The zero-order valence-electron chi connectivity index (χ0n) is 12.1. The van der Waals surface area contributed by atoms with Gasteiger partial charge in [0.15, 0.2) is 0 Å². The third-order valence-corrected chi connectivity index (χ3v) is 2.82. The van der Waals surface area contributed by atoms with Crippen LogP contribution in [-0.4, -0.2) is 13.6 Å². The third kappa shape index (κ3) is 11.4. The molecule has 1 aromatic rings. The van der Waals surface area contributed by atoms with E-state index < -0.39 is 0 Å². The van der Waals surface area contributed by atoms with Gasteiger partial charge in [-0.3, -0.25) is 0 Å². The molecule has 0 heterocycles. The Morgan fingerprint density at radius 2 is 1.61 bits per heavy atom. The highest BCUT2D eigenvalue weighted by Gasteiger charge is 1.87. The topological polar surface area (TPSA) is 12.0 Å². The lowest BCUT2D eigenvalue weighted by Gasteiger charge is -1.98. The molecule has 0 aliphatic carbocycles. The number of hydrogen-bond donors (Lipinski definition) is 1. The van der Waals surface area contributed by atoms with Gasteiger partial charge in [-0.05, 0) is 25.6 Å². The predicted molar refractivity (Wildman–Crippen MR) is 83.8 cm³/mol. The zero-order chi connectivity index (χ0) is 13.5. The first-order valence-electron chi connectivity index (χ1n) is 7.17. The van der Waals surface area contributed by atoms with Gasteiger partial charge in [0.1, 0.15) is 0 Å². The molecule has 102 valence electrons. The molecule has 0 radical (unpaired) electrons. The van der Waals surface area contributed by atoms with E-state index in [1.54, 1.807) is 0 Å². The summed E-state index contributed by atoms with van der Waals surface area (Å²) in [6, 6.07) is 10.0. The highest BCUT2D eigenvalue weighted by Crippen LogP contribution is 2.03. The van der Waals surface area contributed by atoms with Gasteiger partial charge in [-0.25, -0.2) is 0 Å². The van der Waals surface area contributed by atoms with Crippen molar-refractivity contribution in [2.24, 2.45) is 0 Å². The Morgan fingerprint density at radius 1 is 1.00 bits per heavy atom. The van der Waals surface area contributed by atoms with Crippen LogP contribution in [0.15, 0.2) is 36.9 Å². The standard InChI is InChI=1S/C9H21N.C8H8/c1-3-4-5-6-7-8-9-10-2;1-2-8-6-4-3-5-7-8/h10H,3-9H2,1-2H3;2-7H,1H2. The van der Waals surface area contributed by atoms with Gasteiger partial charge < -0.3 is 5.32 Å². The molecule has 0 amide bonds. The minimum absolute atomic E-state index is 1.17. The van der Waals surface area contributed by atoms with Crippen molar-refractivity contribution in [1.82, 2.24) is 5.32 Å². The lowest BCUT2D eigenvalue weighted by molar-refractivity contribution is 0.592. The van der Waals surface area contributed by atoms with E-state index in [0.717, 1.165) is 0 Å². The molecule has 0 spiro atoms. The average molecular weight is 247 g/mol. The van der Waals surface area contributed by atoms with Gasteiger partial charge in [0.25, 0.3) is 0 Å². The van der Waals surface area contributed by atoms with Crippen LogP contribution in [0.1, 0.15) is 51.0 Å². The van der Waals surface area contributed by atoms with Crippen LogP contribution in [0.25, 0.3) is 6.08 Å². The van der Waals surface area contributed by atoms with Crippen molar-refractivity contribution >= 4 is 6.08 Å². The molecule has 0 saturated carbocycles. The van der Waals surface area contributed by atoms with Crippen LogP contribution in [0.3, 0.4) is 0 Å². The van der Waals surface area contributed by atoms with Crippen LogP contribution >= 0.6 is 0 Å². The average Bonchev–Trinajstić information content (AvgIpc) is 2.44. The van der Waals surface area contributed by atoms with Crippen molar-refractivity contribution < 1.29 is 0 Å². The molecular formula is C17H29N. The van der Waals surface area contributed by atoms with E-state index >= 15 is 0 Å². The molecule has 0 aliphatic rings. The smallest absolute Gasteiger partial charge is 0.00519 e. The van der Waals surface area contributed by atoms with Crippen LogP contribution in [0.5, 0.6) is 0 Å². The van der Waals surface area contributed by atoms with Crippen LogP contribution < -0.4 is 5.32 Å². The molecule has 0 fully saturated rings. The summed E-state index contributed by atoms with van der Waals surface area (Å²) in [5.74, 6) is 0. The summed E-state index contributed by atoms with van der Waals surface area (Å²) in [6.45, 7) is 7.08. The van der Waals surface area contributed by atoms with E-state index in [9.17, 15) is 0 Å². The molecule has 1 nitrogen and oxygen atoms in total. The van der Waals surface area contributed by atoms with Crippen molar-refractivity contribution in [2.45, 2.75) is 45.4 Å². The first-order valence-corrected chi connectivity index (χ1v) is 7.17. The molecule has 0 unspecified atom stereocenters. The van der Waals surface area contributed by atoms with Crippen LogP contribution in [0.2, 0.25) is 0 Å². The van der Waals surface area contributed by atoms with E-state index in [4.69, 9.17) is 0 Å². The van der Waals surface area contributed by atoms with Gasteiger partial charge in [-0.1, -0.05) is 82.0 Å². The number of unbranched alkanes of at least 4 members (excludes halogenated alkanes) is 5. The second-order valence-corrected chi connectivity index (χ2v) is 4.49. The van der Waals surface area contributed by atoms with Gasteiger partial charge in [0.2, 0.25) is 0 Å². The Balaban J connectivity index is 0.000000327. The third-order valence-electron chi connectivity index (χ3n) is 2.82. The first-order chi connectivity index (χ1) is 8.85. The molecule has 1 heteroatoms. The number of nitrogens with one attached hydrogen (secondary N) is 1. The monoisotopic (exact) mass is 247 g/mol. The molecule has 18 heavy (non-hydrogen) atoms. The fourth-order valence-corrected chi connectivity index (χ4v) is 1.67. The number of rotatable bonds is 8.